The van der Waals surface area contributed by atoms with E-state index in [1.54, 1.807) is 28.6 Å². The van der Waals surface area contributed by atoms with E-state index in [4.69, 9.17) is 0 Å². The predicted octanol–water partition coefficient (Wildman–Crippen LogP) is 2.20. The lowest BCUT2D eigenvalue weighted by Crippen LogP contribution is -2.65. The third kappa shape index (κ3) is 3.69. The number of aliphatic hydroxyl groups is 1. The number of benzene rings is 2. The van der Waals surface area contributed by atoms with Gasteiger partial charge in [-0.2, -0.15) is 4.31 Å². The predicted molar refractivity (Wildman–Crippen MR) is 102 cm³/mol. The van der Waals surface area contributed by atoms with E-state index < -0.39 is 10.0 Å². The van der Waals surface area contributed by atoms with Gasteiger partial charge in [-0.05, 0) is 31.5 Å². The highest BCUT2D eigenvalue weighted by Gasteiger charge is 2.43. The zero-order valence-electron chi connectivity index (χ0n) is 15.1. The molecule has 2 aromatic carbocycles. The zero-order valence-corrected chi connectivity index (χ0v) is 15.9. The van der Waals surface area contributed by atoms with Gasteiger partial charge in [-0.15, -0.1) is 0 Å². The van der Waals surface area contributed by atoms with Gasteiger partial charge in [0, 0.05) is 30.6 Å². The van der Waals surface area contributed by atoms with E-state index in [1.807, 2.05) is 50.2 Å². The Morgan fingerprint density at radius 2 is 1.58 bits per heavy atom. The van der Waals surface area contributed by atoms with Gasteiger partial charge < -0.3 is 10.4 Å². The van der Waals surface area contributed by atoms with Crippen LogP contribution in [0.15, 0.2) is 65.6 Å². The lowest BCUT2D eigenvalue weighted by atomic mass is 9.77. The summed E-state index contributed by atoms with van der Waals surface area (Å²) in [6.45, 7) is 4.18. The quantitative estimate of drug-likeness (QED) is 0.780. The first-order valence-corrected chi connectivity index (χ1v) is 10.4. The van der Waals surface area contributed by atoms with E-state index in [-0.39, 0.29) is 30.7 Å². The molecule has 0 unspecified atom stereocenters. The van der Waals surface area contributed by atoms with Gasteiger partial charge >= 0.3 is 0 Å². The number of hydrogen-bond acceptors (Lipinski definition) is 4. The van der Waals surface area contributed by atoms with E-state index in [0.29, 0.717) is 11.4 Å². The first-order valence-electron chi connectivity index (χ1n) is 8.94. The van der Waals surface area contributed by atoms with Crippen molar-refractivity contribution in [1.29, 1.82) is 0 Å². The van der Waals surface area contributed by atoms with Crippen molar-refractivity contribution in [1.82, 2.24) is 9.62 Å². The van der Waals surface area contributed by atoms with E-state index in [1.165, 1.54) is 0 Å². The molecule has 0 amide bonds. The molecule has 3 atom stereocenters. The molecular formula is C20H26N2O3S. The van der Waals surface area contributed by atoms with Gasteiger partial charge in [-0.3, -0.25) is 0 Å². The molecule has 1 aliphatic rings. The number of nitrogens with one attached hydrogen (secondary N) is 1. The molecular weight excluding hydrogens is 348 g/mol. The summed E-state index contributed by atoms with van der Waals surface area (Å²) in [4.78, 5) is 0.308. The Kier molecular flexibility index (Phi) is 5.77. The largest absolute Gasteiger partial charge is 0.395 e. The molecule has 0 saturated carbocycles. The van der Waals surface area contributed by atoms with E-state index in [2.05, 4.69) is 5.32 Å². The maximum atomic E-state index is 13.1. The maximum Gasteiger partial charge on any atom is 0.243 e. The van der Waals surface area contributed by atoms with Crippen molar-refractivity contribution in [2.45, 2.75) is 42.8 Å². The van der Waals surface area contributed by atoms with Gasteiger partial charge in [0.15, 0.2) is 0 Å². The SMILES string of the molecule is CC(C)N(C[C@@H]1N[C@@H](CO)[C@@H]1c1ccccc1)S(=O)(=O)c1ccccc1. The molecule has 0 aromatic heterocycles. The molecule has 0 bridgehead atoms. The second-order valence-electron chi connectivity index (χ2n) is 6.98. The molecule has 1 aliphatic heterocycles. The number of aliphatic hydroxyl groups excluding tert-OH is 1. The van der Waals surface area contributed by atoms with Crippen molar-refractivity contribution in [3.8, 4) is 0 Å². The molecule has 26 heavy (non-hydrogen) atoms. The molecule has 1 heterocycles. The van der Waals surface area contributed by atoms with Crippen molar-refractivity contribution in [3.05, 3.63) is 66.2 Å². The van der Waals surface area contributed by atoms with Crippen molar-refractivity contribution in [3.63, 3.8) is 0 Å². The molecule has 1 fully saturated rings. The summed E-state index contributed by atoms with van der Waals surface area (Å²) < 4.78 is 27.7. The van der Waals surface area contributed by atoms with Crippen LogP contribution >= 0.6 is 0 Å². The average molecular weight is 375 g/mol. The van der Waals surface area contributed by atoms with Gasteiger partial charge in [0.05, 0.1) is 11.5 Å². The Labute approximate surface area is 155 Å². The van der Waals surface area contributed by atoms with E-state index >= 15 is 0 Å². The molecule has 0 spiro atoms. The summed E-state index contributed by atoms with van der Waals surface area (Å²) in [5, 5.41) is 13.0. The number of hydrogen-bond donors (Lipinski definition) is 2. The number of rotatable bonds is 7. The van der Waals surface area contributed by atoms with E-state index in [9.17, 15) is 13.5 Å². The smallest absolute Gasteiger partial charge is 0.243 e. The van der Waals surface area contributed by atoms with Crippen LogP contribution in [0.2, 0.25) is 0 Å². The summed E-state index contributed by atoms with van der Waals surface area (Å²) in [6, 6.07) is 18.3. The van der Waals surface area contributed by atoms with Crippen LogP contribution in [0.5, 0.6) is 0 Å². The Morgan fingerprint density at radius 1 is 1.00 bits per heavy atom. The third-order valence-corrected chi connectivity index (χ3v) is 7.03. The van der Waals surface area contributed by atoms with Crippen LogP contribution in [0, 0.1) is 0 Å². The molecule has 140 valence electrons. The fourth-order valence-corrected chi connectivity index (χ4v) is 5.31. The molecule has 2 aromatic rings. The van der Waals surface area contributed by atoms with Crippen molar-refractivity contribution >= 4 is 10.0 Å². The van der Waals surface area contributed by atoms with Gasteiger partial charge in [0.1, 0.15) is 0 Å². The molecule has 3 rings (SSSR count). The van der Waals surface area contributed by atoms with Crippen LogP contribution in [-0.2, 0) is 10.0 Å². The third-order valence-electron chi connectivity index (χ3n) is 4.98. The molecule has 6 heteroatoms. The highest BCUT2D eigenvalue weighted by Crippen LogP contribution is 2.33. The van der Waals surface area contributed by atoms with Crippen LogP contribution < -0.4 is 5.32 Å². The summed E-state index contributed by atoms with van der Waals surface area (Å²) in [5.74, 6) is 0.0911. The average Bonchev–Trinajstić information content (AvgIpc) is 2.62. The highest BCUT2D eigenvalue weighted by atomic mass is 32.2. The monoisotopic (exact) mass is 374 g/mol. The molecule has 1 saturated heterocycles. The topological polar surface area (TPSA) is 69.6 Å². The molecule has 0 aliphatic carbocycles. The standard InChI is InChI=1S/C20H26N2O3S/c1-15(2)22(26(24,25)17-11-7-4-8-12-17)13-18-20(19(14-23)21-18)16-9-5-3-6-10-16/h3-12,15,18-21,23H,13-14H2,1-2H3/t18-,19-,20+/m0/s1. The Morgan fingerprint density at radius 3 is 2.12 bits per heavy atom. The van der Waals surface area contributed by atoms with Gasteiger partial charge in [0.2, 0.25) is 10.0 Å². The normalized spacial score (nSPS) is 23.2. The minimum absolute atomic E-state index is 0.0309. The van der Waals surface area contributed by atoms with Crippen molar-refractivity contribution in [2.75, 3.05) is 13.2 Å². The van der Waals surface area contributed by atoms with Crippen molar-refractivity contribution < 1.29 is 13.5 Å². The second-order valence-corrected chi connectivity index (χ2v) is 8.87. The van der Waals surface area contributed by atoms with E-state index in [0.717, 1.165) is 5.56 Å². The second kappa shape index (κ2) is 7.88. The zero-order chi connectivity index (χ0) is 18.7. The summed E-state index contributed by atoms with van der Waals surface area (Å²) >= 11 is 0. The Balaban J connectivity index is 1.85. The lowest BCUT2D eigenvalue weighted by Gasteiger charge is -2.48. The van der Waals surface area contributed by atoms with Crippen LogP contribution in [0.4, 0.5) is 0 Å². The lowest BCUT2D eigenvalue weighted by molar-refractivity contribution is 0.111. The molecule has 2 N–H and O–H groups in total. The first kappa shape index (κ1) is 19.0. The molecule has 0 radical (unpaired) electrons. The number of sulfonamides is 1. The summed E-state index contributed by atoms with van der Waals surface area (Å²) in [7, 11) is -3.57. The summed E-state index contributed by atoms with van der Waals surface area (Å²) in [5.41, 5.74) is 1.12. The van der Waals surface area contributed by atoms with Crippen LogP contribution in [-0.4, -0.2) is 49.1 Å². The van der Waals surface area contributed by atoms with Crippen LogP contribution in [0.25, 0.3) is 0 Å². The first-order chi connectivity index (χ1) is 12.4. The minimum Gasteiger partial charge on any atom is -0.395 e. The van der Waals surface area contributed by atoms with Crippen LogP contribution in [0.3, 0.4) is 0 Å². The van der Waals surface area contributed by atoms with Gasteiger partial charge in [0.25, 0.3) is 0 Å². The maximum absolute atomic E-state index is 13.1. The Bertz CT molecular complexity index is 809. The molecule has 5 nitrogen and oxygen atoms in total. The Hall–Kier alpha value is -1.73. The highest BCUT2D eigenvalue weighted by molar-refractivity contribution is 7.89. The van der Waals surface area contributed by atoms with Crippen molar-refractivity contribution in [2.24, 2.45) is 0 Å². The minimum atomic E-state index is -3.57. The number of nitrogens with zero attached hydrogens (tertiary/aromatic N) is 1. The fraction of sp³-hybridized carbons (Fsp3) is 0.400. The van der Waals surface area contributed by atoms with Gasteiger partial charge in [-0.25, -0.2) is 8.42 Å². The fourth-order valence-electron chi connectivity index (χ4n) is 3.62. The van der Waals surface area contributed by atoms with Crippen LogP contribution in [0.1, 0.15) is 25.3 Å². The summed E-state index contributed by atoms with van der Waals surface area (Å²) in [6.07, 6.45) is 0. The van der Waals surface area contributed by atoms with Gasteiger partial charge in [-0.1, -0.05) is 48.5 Å².